The Morgan fingerprint density at radius 1 is 1.25 bits per heavy atom. The molecule has 2 N–H and O–H groups in total. The molecule has 0 aromatic heterocycles. The summed E-state index contributed by atoms with van der Waals surface area (Å²) < 4.78 is 6.02. The second-order valence-corrected chi connectivity index (χ2v) is 7.31. The van der Waals surface area contributed by atoms with Gasteiger partial charge in [-0.2, -0.15) is 0 Å². The third-order valence-electron chi connectivity index (χ3n) is 6.12. The van der Waals surface area contributed by atoms with Crippen LogP contribution in [0.5, 0.6) is 0 Å². The van der Waals surface area contributed by atoms with Gasteiger partial charge in [-0.05, 0) is 43.9 Å². The molecule has 0 saturated heterocycles. The standard InChI is InChI=1S/C20H30N2O2/c1-3-24-18-13-17(20(18)11-5-4-6-12-20)22(2)19(23)16-9-7-15(14-21)8-10-16/h7-10,17-18H,3-6,11-14,21H2,1-2H3. The van der Waals surface area contributed by atoms with E-state index in [1.54, 1.807) is 0 Å². The molecule has 4 nitrogen and oxygen atoms in total. The number of benzene rings is 1. The maximum Gasteiger partial charge on any atom is 0.253 e. The first-order valence-electron chi connectivity index (χ1n) is 9.30. The number of nitrogens with two attached hydrogens (primary N) is 1. The number of carbonyl (C=O) groups excluding carboxylic acids is 1. The van der Waals surface area contributed by atoms with E-state index >= 15 is 0 Å². The predicted octanol–water partition coefficient (Wildman–Crippen LogP) is 3.35. The second kappa shape index (κ2) is 7.24. The normalized spacial score (nSPS) is 25.3. The van der Waals surface area contributed by atoms with E-state index < -0.39 is 0 Å². The van der Waals surface area contributed by atoms with Crippen molar-refractivity contribution in [2.24, 2.45) is 11.1 Å². The summed E-state index contributed by atoms with van der Waals surface area (Å²) in [6.07, 6.45) is 7.49. The molecule has 3 rings (SSSR count). The fourth-order valence-electron chi connectivity index (χ4n) is 4.70. The maximum atomic E-state index is 12.9. The highest BCUT2D eigenvalue weighted by Gasteiger charge is 2.57. The number of amides is 1. The van der Waals surface area contributed by atoms with E-state index in [2.05, 4.69) is 6.92 Å². The van der Waals surface area contributed by atoms with Crippen LogP contribution in [0.4, 0.5) is 0 Å². The van der Waals surface area contributed by atoms with Crippen LogP contribution in [0.15, 0.2) is 24.3 Å². The SMILES string of the molecule is CCOC1CC(N(C)C(=O)c2ccc(CN)cc2)C12CCCCC2. The summed E-state index contributed by atoms with van der Waals surface area (Å²) in [5.41, 5.74) is 7.62. The van der Waals surface area contributed by atoms with Crippen molar-refractivity contribution in [1.29, 1.82) is 0 Å². The molecule has 1 aromatic carbocycles. The summed E-state index contributed by atoms with van der Waals surface area (Å²) in [5.74, 6) is 0.114. The van der Waals surface area contributed by atoms with Crippen LogP contribution in [0.3, 0.4) is 0 Å². The lowest BCUT2D eigenvalue weighted by Crippen LogP contribution is -2.65. The fraction of sp³-hybridized carbons (Fsp3) is 0.650. The van der Waals surface area contributed by atoms with Crippen LogP contribution in [-0.4, -0.2) is 36.6 Å². The van der Waals surface area contributed by atoms with E-state index in [0.29, 0.717) is 18.7 Å². The first-order chi connectivity index (χ1) is 11.6. The molecule has 2 atom stereocenters. The molecule has 132 valence electrons. The Hall–Kier alpha value is -1.39. The Morgan fingerprint density at radius 3 is 2.50 bits per heavy atom. The van der Waals surface area contributed by atoms with Gasteiger partial charge in [0.15, 0.2) is 0 Å². The molecule has 4 heteroatoms. The molecule has 0 heterocycles. The van der Waals surface area contributed by atoms with Gasteiger partial charge in [0.2, 0.25) is 0 Å². The average molecular weight is 330 g/mol. The lowest BCUT2D eigenvalue weighted by atomic mass is 9.54. The lowest BCUT2D eigenvalue weighted by molar-refractivity contribution is -0.170. The quantitative estimate of drug-likeness (QED) is 0.901. The fourth-order valence-corrected chi connectivity index (χ4v) is 4.70. The molecule has 0 bridgehead atoms. The monoisotopic (exact) mass is 330 g/mol. The first-order valence-corrected chi connectivity index (χ1v) is 9.30. The maximum absolute atomic E-state index is 12.9. The third-order valence-corrected chi connectivity index (χ3v) is 6.12. The summed E-state index contributed by atoms with van der Waals surface area (Å²) in [5, 5.41) is 0. The molecule has 2 unspecified atom stereocenters. The number of hydrogen-bond acceptors (Lipinski definition) is 3. The number of carbonyl (C=O) groups is 1. The first kappa shape index (κ1) is 17.4. The average Bonchev–Trinajstić information content (AvgIpc) is 2.64. The largest absolute Gasteiger partial charge is 0.378 e. The molecular weight excluding hydrogens is 300 g/mol. The van der Waals surface area contributed by atoms with Gasteiger partial charge < -0.3 is 15.4 Å². The van der Waals surface area contributed by atoms with E-state index in [1.165, 1.54) is 32.1 Å². The number of hydrogen-bond donors (Lipinski definition) is 1. The highest BCUT2D eigenvalue weighted by Crippen LogP contribution is 2.55. The Labute approximate surface area is 145 Å². The van der Waals surface area contributed by atoms with E-state index in [9.17, 15) is 4.79 Å². The number of nitrogens with zero attached hydrogens (tertiary/aromatic N) is 1. The van der Waals surface area contributed by atoms with Crippen molar-refractivity contribution in [3.63, 3.8) is 0 Å². The summed E-state index contributed by atoms with van der Waals surface area (Å²) in [6, 6.07) is 7.99. The summed E-state index contributed by atoms with van der Waals surface area (Å²) in [6.45, 7) is 3.33. The van der Waals surface area contributed by atoms with E-state index in [0.717, 1.165) is 24.2 Å². The molecule has 2 fully saturated rings. The number of rotatable bonds is 5. The molecule has 2 aliphatic rings. The molecule has 2 saturated carbocycles. The number of ether oxygens (including phenoxy) is 1. The van der Waals surface area contributed by atoms with Gasteiger partial charge >= 0.3 is 0 Å². The zero-order chi connectivity index (χ0) is 17.2. The minimum atomic E-state index is 0.114. The molecular formula is C20H30N2O2. The predicted molar refractivity (Wildman–Crippen MR) is 95.8 cm³/mol. The summed E-state index contributed by atoms with van der Waals surface area (Å²) >= 11 is 0. The lowest BCUT2D eigenvalue weighted by Gasteiger charge is -2.60. The van der Waals surface area contributed by atoms with Gasteiger partial charge in [-0.15, -0.1) is 0 Å². The van der Waals surface area contributed by atoms with Gasteiger partial charge in [0.25, 0.3) is 5.91 Å². The zero-order valence-corrected chi connectivity index (χ0v) is 15.0. The molecule has 1 spiro atoms. The van der Waals surface area contributed by atoms with Crippen molar-refractivity contribution in [1.82, 2.24) is 4.90 Å². The topological polar surface area (TPSA) is 55.6 Å². The van der Waals surface area contributed by atoms with Crippen LogP contribution >= 0.6 is 0 Å². The zero-order valence-electron chi connectivity index (χ0n) is 15.0. The Morgan fingerprint density at radius 2 is 1.92 bits per heavy atom. The van der Waals surface area contributed by atoms with Gasteiger partial charge in [0, 0.05) is 37.2 Å². The van der Waals surface area contributed by atoms with Gasteiger partial charge in [-0.25, -0.2) is 0 Å². The van der Waals surface area contributed by atoms with Crippen molar-refractivity contribution in [3.8, 4) is 0 Å². The smallest absolute Gasteiger partial charge is 0.253 e. The van der Waals surface area contributed by atoms with Gasteiger partial charge in [0.05, 0.1) is 6.10 Å². The van der Waals surface area contributed by atoms with Crippen molar-refractivity contribution >= 4 is 5.91 Å². The Bertz CT molecular complexity index is 564. The van der Waals surface area contributed by atoms with Crippen LogP contribution < -0.4 is 5.73 Å². The highest BCUT2D eigenvalue weighted by atomic mass is 16.5. The molecule has 0 radical (unpaired) electrons. The highest BCUT2D eigenvalue weighted by molar-refractivity contribution is 5.94. The van der Waals surface area contributed by atoms with E-state index in [-0.39, 0.29) is 11.3 Å². The summed E-state index contributed by atoms with van der Waals surface area (Å²) in [4.78, 5) is 14.9. The van der Waals surface area contributed by atoms with Crippen LogP contribution in [-0.2, 0) is 11.3 Å². The minimum Gasteiger partial charge on any atom is -0.378 e. The molecule has 0 aliphatic heterocycles. The Kier molecular flexibility index (Phi) is 5.26. The Balaban J connectivity index is 1.75. The van der Waals surface area contributed by atoms with Crippen LogP contribution in [0, 0.1) is 5.41 Å². The van der Waals surface area contributed by atoms with Crippen LogP contribution in [0.25, 0.3) is 0 Å². The second-order valence-electron chi connectivity index (χ2n) is 7.31. The van der Waals surface area contributed by atoms with Crippen LogP contribution in [0.2, 0.25) is 0 Å². The van der Waals surface area contributed by atoms with Gasteiger partial charge in [-0.1, -0.05) is 31.4 Å². The van der Waals surface area contributed by atoms with Gasteiger partial charge in [0.1, 0.15) is 0 Å². The molecule has 1 aromatic rings. The van der Waals surface area contributed by atoms with Crippen molar-refractivity contribution in [2.45, 2.75) is 64.1 Å². The van der Waals surface area contributed by atoms with Crippen molar-refractivity contribution in [2.75, 3.05) is 13.7 Å². The third kappa shape index (κ3) is 2.98. The minimum absolute atomic E-state index is 0.114. The van der Waals surface area contributed by atoms with Crippen LogP contribution in [0.1, 0.15) is 61.4 Å². The molecule has 1 amide bonds. The molecule has 2 aliphatic carbocycles. The van der Waals surface area contributed by atoms with E-state index in [4.69, 9.17) is 10.5 Å². The van der Waals surface area contributed by atoms with Crippen molar-refractivity contribution < 1.29 is 9.53 Å². The van der Waals surface area contributed by atoms with Gasteiger partial charge in [-0.3, -0.25) is 4.79 Å². The molecule has 24 heavy (non-hydrogen) atoms. The summed E-state index contributed by atoms with van der Waals surface area (Å²) in [7, 11) is 1.96. The van der Waals surface area contributed by atoms with Crippen molar-refractivity contribution in [3.05, 3.63) is 35.4 Å². The van der Waals surface area contributed by atoms with E-state index in [1.807, 2.05) is 36.2 Å².